The molecule has 3 unspecified atom stereocenters. The Hall–Kier alpha value is 0.690. The van der Waals surface area contributed by atoms with Gasteiger partial charge in [0, 0.05) is 4.43 Å². The molecular weight excluding hydrogens is 347 g/mol. The lowest BCUT2D eigenvalue weighted by Gasteiger charge is -2.43. The van der Waals surface area contributed by atoms with Crippen LogP contribution in [0.1, 0.15) is 72.1 Å². The minimum Gasteiger partial charge on any atom is -0.371 e. The second-order valence-electron chi connectivity index (χ2n) is 7.18. The Bertz CT molecular complexity index is 270. The van der Waals surface area contributed by atoms with E-state index in [1.165, 1.54) is 55.8 Å². The lowest BCUT2D eigenvalue weighted by molar-refractivity contribution is -0.122. The van der Waals surface area contributed by atoms with E-state index in [1.807, 2.05) is 0 Å². The van der Waals surface area contributed by atoms with Gasteiger partial charge in [0.05, 0.1) is 11.7 Å². The number of rotatable bonds is 4. The summed E-state index contributed by atoms with van der Waals surface area (Å²) in [5, 5.41) is 0. The lowest BCUT2D eigenvalue weighted by Crippen LogP contribution is -2.43. The molecule has 2 fully saturated rings. The molecule has 0 heterocycles. The van der Waals surface area contributed by atoms with Crippen molar-refractivity contribution in [1.82, 2.24) is 0 Å². The molecule has 0 aromatic rings. The lowest BCUT2D eigenvalue weighted by atomic mass is 9.77. The van der Waals surface area contributed by atoms with Crippen molar-refractivity contribution in [3.05, 3.63) is 0 Å². The first-order valence-electron chi connectivity index (χ1n) is 8.32. The van der Waals surface area contributed by atoms with Crippen molar-refractivity contribution in [1.29, 1.82) is 0 Å². The third-order valence-electron chi connectivity index (χ3n) is 5.80. The normalized spacial score (nSPS) is 44.2. The highest BCUT2D eigenvalue weighted by molar-refractivity contribution is 14.1. The van der Waals surface area contributed by atoms with Crippen LogP contribution in [0.3, 0.4) is 0 Å². The minimum absolute atomic E-state index is 0.219. The van der Waals surface area contributed by atoms with Crippen LogP contribution in [0.15, 0.2) is 0 Å². The Balaban J connectivity index is 1.89. The molecule has 0 aromatic carbocycles. The standard InChI is InChI=1S/C17H31IO/c1-4-15-7-9-17(12-18,10-8-15)19-16-6-5-13(2)14(3)11-16/h13-16H,4-12H2,1-3H3. The van der Waals surface area contributed by atoms with Crippen molar-refractivity contribution < 1.29 is 4.74 Å². The smallest absolute Gasteiger partial charge is 0.0775 e. The molecule has 0 aromatic heterocycles. The predicted octanol–water partition coefficient (Wildman–Crippen LogP) is 5.60. The number of hydrogen-bond acceptors (Lipinski definition) is 1. The molecule has 2 rings (SSSR count). The Morgan fingerprint density at radius 2 is 1.74 bits per heavy atom. The highest BCUT2D eigenvalue weighted by atomic mass is 127. The first-order chi connectivity index (χ1) is 9.08. The van der Waals surface area contributed by atoms with E-state index in [9.17, 15) is 0 Å². The average Bonchev–Trinajstić information content (AvgIpc) is 2.44. The highest BCUT2D eigenvalue weighted by Gasteiger charge is 2.38. The summed E-state index contributed by atoms with van der Waals surface area (Å²) in [6, 6.07) is 0. The number of halogens is 1. The Labute approximate surface area is 133 Å². The molecule has 0 aliphatic heterocycles. The summed E-state index contributed by atoms with van der Waals surface area (Å²) < 4.78 is 7.86. The van der Waals surface area contributed by atoms with Crippen molar-refractivity contribution in [2.24, 2.45) is 17.8 Å². The molecule has 19 heavy (non-hydrogen) atoms. The molecule has 2 aliphatic carbocycles. The summed E-state index contributed by atoms with van der Waals surface area (Å²) in [6.45, 7) is 7.15. The van der Waals surface area contributed by atoms with E-state index in [0.717, 1.165) is 17.8 Å². The van der Waals surface area contributed by atoms with Crippen LogP contribution in [0, 0.1) is 17.8 Å². The van der Waals surface area contributed by atoms with Gasteiger partial charge in [-0.25, -0.2) is 0 Å². The molecule has 2 saturated carbocycles. The maximum absolute atomic E-state index is 6.67. The van der Waals surface area contributed by atoms with Crippen molar-refractivity contribution in [3.63, 3.8) is 0 Å². The van der Waals surface area contributed by atoms with Gasteiger partial charge in [-0.2, -0.15) is 0 Å². The fourth-order valence-corrected chi connectivity index (χ4v) is 4.80. The van der Waals surface area contributed by atoms with Gasteiger partial charge in [-0.05, 0) is 62.7 Å². The van der Waals surface area contributed by atoms with Crippen molar-refractivity contribution in [2.75, 3.05) is 4.43 Å². The Morgan fingerprint density at radius 1 is 1.05 bits per heavy atom. The molecule has 0 radical (unpaired) electrons. The second kappa shape index (κ2) is 7.11. The molecule has 2 aliphatic rings. The van der Waals surface area contributed by atoms with Gasteiger partial charge in [-0.3, -0.25) is 0 Å². The van der Waals surface area contributed by atoms with Crippen LogP contribution in [0.25, 0.3) is 0 Å². The van der Waals surface area contributed by atoms with E-state index in [4.69, 9.17) is 4.74 Å². The Kier molecular flexibility index (Phi) is 6.01. The zero-order chi connectivity index (χ0) is 13.9. The monoisotopic (exact) mass is 378 g/mol. The molecule has 0 spiro atoms. The summed E-state index contributed by atoms with van der Waals surface area (Å²) in [5.41, 5.74) is 0.219. The topological polar surface area (TPSA) is 9.23 Å². The molecule has 0 N–H and O–H groups in total. The highest BCUT2D eigenvalue weighted by Crippen LogP contribution is 2.41. The van der Waals surface area contributed by atoms with Crippen molar-refractivity contribution >= 4 is 22.6 Å². The maximum atomic E-state index is 6.67. The molecule has 1 nitrogen and oxygen atoms in total. The van der Waals surface area contributed by atoms with E-state index in [-0.39, 0.29) is 5.60 Å². The third kappa shape index (κ3) is 4.09. The summed E-state index contributed by atoms with van der Waals surface area (Å²) in [5.74, 6) is 2.70. The molecule has 0 amide bonds. The fraction of sp³-hybridized carbons (Fsp3) is 1.00. The molecule has 0 bridgehead atoms. The van der Waals surface area contributed by atoms with E-state index in [1.54, 1.807) is 0 Å². The van der Waals surface area contributed by atoms with Gasteiger partial charge in [-0.15, -0.1) is 0 Å². The van der Waals surface area contributed by atoms with Gasteiger partial charge < -0.3 is 4.74 Å². The quantitative estimate of drug-likeness (QED) is 0.457. The van der Waals surface area contributed by atoms with Crippen LogP contribution in [0.2, 0.25) is 0 Å². The number of ether oxygens (including phenoxy) is 1. The van der Waals surface area contributed by atoms with Crippen molar-refractivity contribution in [3.8, 4) is 0 Å². The van der Waals surface area contributed by atoms with E-state index >= 15 is 0 Å². The predicted molar refractivity (Wildman–Crippen MR) is 90.9 cm³/mol. The molecule has 2 heteroatoms. The van der Waals surface area contributed by atoms with Crippen LogP contribution in [0.4, 0.5) is 0 Å². The van der Waals surface area contributed by atoms with Crippen LogP contribution in [0.5, 0.6) is 0 Å². The maximum Gasteiger partial charge on any atom is 0.0775 e. The van der Waals surface area contributed by atoms with Crippen LogP contribution < -0.4 is 0 Å². The van der Waals surface area contributed by atoms with Gasteiger partial charge in [0.1, 0.15) is 0 Å². The molecule has 112 valence electrons. The van der Waals surface area contributed by atoms with Gasteiger partial charge >= 0.3 is 0 Å². The Morgan fingerprint density at radius 3 is 2.26 bits per heavy atom. The van der Waals surface area contributed by atoms with Gasteiger partial charge in [0.2, 0.25) is 0 Å². The number of hydrogen-bond donors (Lipinski definition) is 0. The fourth-order valence-electron chi connectivity index (χ4n) is 3.85. The average molecular weight is 378 g/mol. The van der Waals surface area contributed by atoms with Gasteiger partial charge in [-0.1, -0.05) is 49.8 Å². The zero-order valence-electron chi connectivity index (χ0n) is 13.0. The first-order valence-corrected chi connectivity index (χ1v) is 9.85. The number of alkyl halides is 1. The first kappa shape index (κ1) is 16.1. The summed E-state index contributed by atoms with van der Waals surface area (Å²) in [7, 11) is 0. The summed E-state index contributed by atoms with van der Waals surface area (Å²) >= 11 is 2.56. The van der Waals surface area contributed by atoms with E-state index in [2.05, 4.69) is 43.4 Å². The summed E-state index contributed by atoms with van der Waals surface area (Å²) in [4.78, 5) is 0. The van der Waals surface area contributed by atoms with Crippen LogP contribution >= 0.6 is 22.6 Å². The summed E-state index contributed by atoms with van der Waals surface area (Å²) in [6.07, 6.45) is 11.2. The third-order valence-corrected chi connectivity index (χ3v) is 7.19. The molecule has 3 atom stereocenters. The van der Waals surface area contributed by atoms with Crippen LogP contribution in [-0.2, 0) is 4.74 Å². The second-order valence-corrected chi connectivity index (χ2v) is 7.94. The van der Waals surface area contributed by atoms with Gasteiger partial charge in [0.25, 0.3) is 0 Å². The largest absolute Gasteiger partial charge is 0.371 e. The van der Waals surface area contributed by atoms with E-state index in [0.29, 0.717) is 6.10 Å². The van der Waals surface area contributed by atoms with Crippen LogP contribution in [-0.4, -0.2) is 16.1 Å². The molecule has 0 saturated heterocycles. The molecular formula is C17H31IO. The van der Waals surface area contributed by atoms with Crippen molar-refractivity contribution in [2.45, 2.75) is 83.8 Å². The van der Waals surface area contributed by atoms with Gasteiger partial charge in [0.15, 0.2) is 0 Å². The SMILES string of the molecule is CCC1CCC(CI)(OC2CCC(C)C(C)C2)CC1. The zero-order valence-corrected chi connectivity index (χ0v) is 15.1. The minimum atomic E-state index is 0.219. The van der Waals surface area contributed by atoms with E-state index < -0.39 is 0 Å².